The summed E-state index contributed by atoms with van der Waals surface area (Å²) in [6.45, 7) is 1.30. The molecule has 1 atom stereocenters. The van der Waals surface area contributed by atoms with Crippen LogP contribution < -0.4 is 4.74 Å². The molecular formula is C20H21N3O3. The number of methoxy groups -OCH3 is 1. The van der Waals surface area contributed by atoms with Crippen LogP contribution in [0.3, 0.4) is 0 Å². The smallest absolute Gasteiger partial charge is 0.290 e. The van der Waals surface area contributed by atoms with Crippen molar-refractivity contribution in [1.29, 1.82) is 0 Å². The van der Waals surface area contributed by atoms with Gasteiger partial charge in [0.1, 0.15) is 11.5 Å². The van der Waals surface area contributed by atoms with Crippen molar-refractivity contribution < 1.29 is 13.9 Å². The van der Waals surface area contributed by atoms with Crippen LogP contribution in [0.15, 0.2) is 59.5 Å². The highest BCUT2D eigenvalue weighted by Crippen LogP contribution is 2.34. The van der Waals surface area contributed by atoms with Crippen LogP contribution in [0.2, 0.25) is 0 Å². The Kier molecular flexibility index (Phi) is 4.48. The molecule has 1 aromatic carbocycles. The molecule has 6 heteroatoms. The van der Waals surface area contributed by atoms with Gasteiger partial charge in [-0.1, -0.05) is 12.1 Å². The fourth-order valence-corrected chi connectivity index (χ4v) is 3.48. The first-order chi connectivity index (χ1) is 12.7. The van der Waals surface area contributed by atoms with Gasteiger partial charge in [-0.2, -0.15) is 0 Å². The van der Waals surface area contributed by atoms with Gasteiger partial charge in [0.05, 0.1) is 26.0 Å². The van der Waals surface area contributed by atoms with Crippen molar-refractivity contribution in [2.24, 2.45) is 0 Å². The Labute approximate surface area is 152 Å². The molecule has 0 radical (unpaired) electrons. The second kappa shape index (κ2) is 7.07. The van der Waals surface area contributed by atoms with Crippen LogP contribution in [0.4, 0.5) is 0 Å². The van der Waals surface area contributed by atoms with Crippen molar-refractivity contribution in [1.82, 2.24) is 14.5 Å². The average Bonchev–Trinajstić information content (AvgIpc) is 3.43. The number of aromatic nitrogens is 2. The van der Waals surface area contributed by atoms with E-state index in [0.29, 0.717) is 12.3 Å². The van der Waals surface area contributed by atoms with E-state index in [0.717, 1.165) is 36.5 Å². The van der Waals surface area contributed by atoms with Gasteiger partial charge in [0.15, 0.2) is 5.76 Å². The SMILES string of the molecule is COc1cccc([C@H]2CCCN2C(=O)c2ccc(Cn3ccnc3)o2)c1. The second-order valence-corrected chi connectivity index (χ2v) is 6.43. The fourth-order valence-electron chi connectivity index (χ4n) is 3.48. The Morgan fingerprint density at radius 1 is 1.35 bits per heavy atom. The number of furan rings is 1. The van der Waals surface area contributed by atoms with E-state index in [1.165, 1.54) is 0 Å². The minimum atomic E-state index is -0.0628. The highest BCUT2D eigenvalue weighted by atomic mass is 16.5. The van der Waals surface area contributed by atoms with Crippen LogP contribution >= 0.6 is 0 Å². The Balaban J connectivity index is 1.52. The number of likely N-dealkylation sites (tertiary alicyclic amines) is 1. The predicted molar refractivity (Wildman–Crippen MR) is 96.0 cm³/mol. The minimum absolute atomic E-state index is 0.0554. The summed E-state index contributed by atoms with van der Waals surface area (Å²) in [5.41, 5.74) is 1.10. The van der Waals surface area contributed by atoms with E-state index in [-0.39, 0.29) is 11.9 Å². The topological polar surface area (TPSA) is 60.5 Å². The lowest BCUT2D eigenvalue weighted by atomic mass is 10.0. The quantitative estimate of drug-likeness (QED) is 0.706. The van der Waals surface area contributed by atoms with E-state index in [1.54, 1.807) is 25.7 Å². The number of ether oxygens (including phenoxy) is 1. The van der Waals surface area contributed by atoms with Crippen molar-refractivity contribution in [3.63, 3.8) is 0 Å². The first-order valence-corrected chi connectivity index (χ1v) is 8.74. The molecule has 4 rings (SSSR count). The molecule has 0 unspecified atom stereocenters. The third kappa shape index (κ3) is 3.22. The highest BCUT2D eigenvalue weighted by molar-refractivity contribution is 5.92. The third-order valence-electron chi connectivity index (χ3n) is 4.76. The lowest BCUT2D eigenvalue weighted by Gasteiger charge is -2.24. The minimum Gasteiger partial charge on any atom is -0.497 e. The summed E-state index contributed by atoms with van der Waals surface area (Å²) in [7, 11) is 1.65. The summed E-state index contributed by atoms with van der Waals surface area (Å²) in [5.74, 6) is 1.87. The maximum atomic E-state index is 13.0. The molecule has 0 bridgehead atoms. The summed E-state index contributed by atoms with van der Waals surface area (Å²) < 4.78 is 13.0. The standard InChI is InChI=1S/C20H21N3O3/c1-25-16-5-2-4-15(12-16)18-6-3-10-23(18)20(24)19-8-7-17(26-19)13-22-11-9-21-14-22/h2,4-5,7-9,11-12,14,18H,3,6,10,13H2,1H3/t18-/m1/s1. The molecule has 1 aliphatic rings. The summed E-state index contributed by atoms with van der Waals surface area (Å²) >= 11 is 0. The molecule has 3 aromatic rings. The van der Waals surface area contributed by atoms with E-state index < -0.39 is 0 Å². The first-order valence-electron chi connectivity index (χ1n) is 8.74. The molecule has 3 heterocycles. The van der Waals surface area contributed by atoms with Gasteiger partial charge < -0.3 is 18.6 Å². The number of rotatable bonds is 5. The molecule has 0 aliphatic carbocycles. The zero-order chi connectivity index (χ0) is 17.9. The van der Waals surface area contributed by atoms with Gasteiger partial charge in [-0.05, 0) is 42.7 Å². The zero-order valence-electron chi connectivity index (χ0n) is 14.7. The van der Waals surface area contributed by atoms with Crippen molar-refractivity contribution in [3.8, 4) is 5.75 Å². The first kappa shape index (κ1) is 16.4. The molecule has 0 N–H and O–H groups in total. The molecule has 0 saturated carbocycles. The molecule has 1 aliphatic heterocycles. The number of nitrogens with zero attached hydrogens (tertiary/aromatic N) is 3. The molecule has 26 heavy (non-hydrogen) atoms. The van der Waals surface area contributed by atoms with Gasteiger partial charge in [0.25, 0.3) is 5.91 Å². The fraction of sp³-hybridized carbons (Fsp3) is 0.300. The van der Waals surface area contributed by atoms with Crippen LogP contribution in [0.25, 0.3) is 0 Å². The highest BCUT2D eigenvalue weighted by Gasteiger charge is 2.32. The third-order valence-corrected chi connectivity index (χ3v) is 4.76. The molecule has 1 amide bonds. The molecule has 134 valence electrons. The van der Waals surface area contributed by atoms with Crippen molar-refractivity contribution in [3.05, 3.63) is 72.2 Å². The molecule has 2 aromatic heterocycles. The summed E-state index contributed by atoms with van der Waals surface area (Å²) in [6.07, 6.45) is 7.24. The van der Waals surface area contributed by atoms with Gasteiger partial charge in [-0.25, -0.2) is 4.98 Å². The maximum absolute atomic E-state index is 13.0. The number of carbonyl (C=O) groups excluding carboxylic acids is 1. The number of carbonyl (C=O) groups is 1. The lowest BCUT2D eigenvalue weighted by molar-refractivity contribution is 0.0701. The van der Waals surface area contributed by atoms with Crippen LogP contribution in [-0.2, 0) is 6.54 Å². The zero-order valence-corrected chi connectivity index (χ0v) is 14.7. The summed E-state index contributed by atoms with van der Waals surface area (Å²) in [5, 5.41) is 0. The normalized spacial score (nSPS) is 16.8. The summed E-state index contributed by atoms with van der Waals surface area (Å²) in [6, 6.07) is 11.6. The molecular weight excluding hydrogens is 330 g/mol. The van der Waals surface area contributed by atoms with Crippen molar-refractivity contribution in [2.45, 2.75) is 25.4 Å². The number of hydrogen-bond acceptors (Lipinski definition) is 4. The summed E-state index contributed by atoms with van der Waals surface area (Å²) in [4.78, 5) is 18.9. The van der Waals surface area contributed by atoms with Gasteiger partial charge in [0.2, 0.25) is 0 Å². The van der Waals surface area contributed by atoms with Gasteiger partial charge >= 0.3 is 0 Å². The Bertz CT molecular complexity index is 885. The van der Waals surface area contributed by atoms with E-state index >= 15 is 0 Å². The second-order valence-electron chi connectivity index (χ2n) is 6.43. The molecule has 1 saturated heterocycles. The van der Waals surface area contributed by atoms with E-state index in [9.17, 15) is 4.79 Å². The van der Waals surface area contributed by atoms with Gasteiger partial charge in [-0.15, -0.1) is 0 Å². The van der Waals surface area contributed by atoms with Crippen LogP contribution in [0, 0.1) is 0 Å². The Morgan fingerprint density at radius 2 is 2.27 bits per heavy atom. The Hall–Kier alpha value is -3.02. The predicted octanol–water partition coefficient (Wildman–Crippen LogP) is 3.51. The van der Waals surface area contributed by atoms with E-state index in [2.05, 4.69) is 4.98 Å². The van der Waals surface area contributed by atoms with Gasteiger partial charge in [-0.3, -0.25) is 4.79 Å². The van der Waals surface area contributed by atoms with Crippen molar-refractivity contribution in [2.75, 3.05) is 13.7 Å². The van der Waals surface area contributed by atoms with Crippen LogP contribution in [0.1, 0.15) is 40.8 Å². The molecule has 0 spiro atoms. The maximum Gasteiger partial charge on any atom is 0.290 e. The lowest BCUT2D eigenvalue weighted by Crippen LogP contribution is -2.30. The number of imidazole rings is 1. The largest absolute Gasteiger partial charge is 0.497 e. The average molecular weight is 351 g/mol. The van der Waals surface area contributed by atoms with E-state index in [1.807, 2.05) is 46.0 Å². The molecule has 1 fully saturated rings. The van der Waals surface area contributed by atoms with Crippen LogP contribution in [0.5, 0.6) is 5.75 Å². The number of benzene rings is 1. The van der Waals surface area contributed by atoms with Crippen molar-refractivity contribution >= 4 is 5.91 Å². The number of amides is 1. The number of hydrogen-bond donors (Lipinski definition) is 0. The Morgan fingerprint density at radius 3 is 3.08 bits per heavy atom. The molecule has 6 nitrogen and oxygen atoms in total. The van der Waals surface area contributed by atoms with Crippen LogP contribution in [-0.4, -0.2) is 34.0 Å². The van der Waals surface area contributed by atoms with Gasteiger partial charge in [0, 0.05) is 18.9 Å². The van der Waals surface area contributed by atoms with E-state index in [4.69, 9.17) is 9.15 Å². The monoisotopic (exact) mass is 351 g/mol.